The maximum Gasteiger partial charge on any atom is 0.305 e. The highest BCUT2D eigenvalue weighted by Gasteiger charge is 2.23. The number of rotatable bonds is 5. The van der Waals surface area contributed by atoms with Crippen molar-refractivity contribution in [2.75, 3.05) is 13.6 Å². The first-order valence-corrected chi connectivity index (χ1v) is 8.09. The van der Waals surface area contributed by atoms with Crippen molar-refractivity contribution in [1.29, 1.82) is 0 Å². The van der Waals surface area contributed by atoms with Crippen LogP contribution in [0.4, 0.5) is 4.39 Å². The highest BCUT2D eigenvalue weighted by molar-refractivity contribution is 7.89. The van der Waals surface area contributed by atoms with Gasteiger partial charge in [-0.15, -0.1) is 0 Å². The normalized spacial score (nSPS) is 11.3. The molecular weight excluding hydrogens is 341 g/mol. The Bertz CT molecular complexity index is 819. The van der Waals surface area contributed by atoms with Crippen LogP contribution in [0, 0.1) is 5.82 Å². The molecule has 0 unspecified atom stereocenters. The van der Waals surface area contributed by atoms with Crippen LogP contribution in [-0.4, -0.2) is 38.1 Å². The number of furan rings is 1. The Labute approximate surface area is 137 Å². The van der Waals surface area contributed by atoms with E-state index in [0.29, 0.717) is 0 Å². The molecule has 8 nitrogen and oxygen atoms in total. The van der Waals surface area contributed by atoms with Crippen LogP contribution < -0.4 is 10.9 Å². The second-order valence-corrected chi connectivity index (χ2v) is 6.74. The monoisotopic (exact) mass is 355 g/mol. The largest absolute Gasteiger partial charge is 0.459 e. The van der Waals surface area contributed by atoms with E-state index < -0.39 is 34.2 Å². The van der Waals surface area contributed by atoms with Gasteiger partial charge in [0.2, 0.25) is 10.0 Å². The number of hydrogen-bond acceptors (Lipinski definition) is 5. The molecule has 24 heavy (non-hydrogen) atoms. The van der Waals surface area contributed by atoms with Crippen LogP contribution in [0.15, 0.2) is 52.0 Å². The number of amides is 2. The lowest BCUT2D eigenvalue weighted by atomic mass is 10.4. The van der Waals surface area contributed by atoms with E-state index in [9.17, 15) is 22.4 Å². The van der Waals surface area contributed by atoms with Crippen LogP contribution in [0.5, 0.6) is 0 Å². The number of likely N-dealkylation sites (N-methyl/N-ethyl adjacent to an activating group) is 1. The van der Waals surface area contributed by atoms with Crippen LogP contribution in [0.25, 0.3) is 0 Å². The number of hydrazine groups is 1. The Morgan fingerprint density at radius 3 is 2.42 bits per heavy atom. The Balaban J connectivity index is 1.93. The molecule has 0 bridgehead atoms. The Kier molecular flexibility index (Phi) is 5.31. The van der Waals surface area contributed by atoms with Crippen LogP contribution in [0.3, 0.4) is 0 Å². The van der Waals surface area contributed by atoms with Gasteiger partial charge in [-0.3, -0.25) is 20.4 Å². The van der Waals surface area contributed by atoms with E-state index in [1.165, 1.54) is 25.4 Å². The van der Waals surface area contributed by atoms with Crippen LogP contribution in [0.1, 0.15) is 10.6 Å². The van der Waals surface area contributed by atoms with Crippen molar-refractivity contribution in [1.82, 2.24) is 15.2 Å². The minimum atomic E-state index is -3.96. The van der Waals surface area contributed by atoms with Crippen molar-refractivity contribution in [3.63, 3.8) is 0 Å². The Morgan fingerprint density at radius 2 is 1.83 bits per heavy atom. The second-order valence-electron chi connectivity index (χ2n) is 4.69. The van der Waals surface area contributed by atoms with Gasteiger partial charge in [0.25, 0.3) is 5.91 Å². The first-order valence-electron chi connectivity index (χ1n) is 6.65. The molecule has 0 saturated heterocycles. The number of benzene rings is 1. The van der Waals surface area contributed by atoms with Crippen LogP contribution in [-0.2, 0) is 14.8 Å². The summed E-state index contributed by atoms with van der Waals surface area (Å²) in [6, 6.07) is 7.09. The third-order valence-corrected chi connectivity index (χ3v) is 4.77. The summed E-state index contributed by atoms with van der Waals surface area (Å²) in [4.78, 5) is 23.1. The van der Waals surface area contributed by atoms with Gasteiger partial charge in [-0.25, -0.2) is 12.8 Å². The maximum atomic E-state index is 12.9. The summed E-state index contributed by atoms with van der Waals surface area (Å²) in [7, 11) is -2.77. The van der Waals surface area contributed by atoms with E-state index in [0.717, 1.165) is 28.6 Å². The zero-order valence-electron chi connectivity index (χ0n) is 12.5. The first-order chi connectivity index (χ1) is 11.3. The molecule has 0 atom stereocenters. The highest BCUT2D eigenvalue weighted by Crippen LogP contribution is 2.14. The lowest BCUT2D eigenvalue weighted by Gasteiger charge is -2.16. The molecule has 2 aromatic rings. The molecule has 0 aliphatic rings. The standard InChI is InChI=1S/C14H14FN3O5S/c1-18(24(21,22)11-6-4-10(15)5-7-11)9-13(19)16-17-14(20)12-3-2-8-23-12/h2-8H,9H2,1H3,(H,16,19)(H,17,20). The molecule has 0 spiro atoms. The predicted molar refractivity (Wildman–Crippen MR) is 80.5 cm³/mol. The van der Waals surface area contributed by atoms with Crippen LogP contribution in [0.2, 0.25) is 0 Å². The Morgan fingerprint density at radius 1 is 1.17 bits per heavy atom. The van der Waals surface area contributed by atoms with Gasteiger partial charge in [0.1, 0.15) is 5.82 Å². The van der Waals surface area contributed by atoms with Crippen molar-refractivity contribution in [2.24, 2.45) is 0 Å². The van der Waals surface area contributed by atoms with Crippen molar-refractivity contribution in [3.8, 4) is 0 Å². The topological polar surface area (TPSA) is 109 Å². The Hall–Kier alpha value is -2.72. The summed E-state index contributed by atoms with van der Waals surface area (Å²) in [6.45, 7) is -0.544. The van der Waals surface area contributed by atoms with E-state index in [4.69, 9.17) is 4.42 Å². The SMILES string of the molecule is CN(CC(=O)NNC(=O)c1ccco1)S(=O)(=O)c1ccc(F)cc1. The molecule has 2 rings (SSSR count). The van der Waals surface area contributed by atoms with Gasteiger partial charge >= 0.3 is 5.91 Å². The van der Waals surface area contributed by atoms with E-state index in [1.54, 1.807) is 0 Å². The quantitative estimate of drug-likeness (QED) is 0.759. The average Bonchev–Trinajstić information content (AvgIpc) is 3.07. The number of sulfonamides is 1. The molecular formula is C14H14FN3O5S. The van der Waals surface area contributed by atoms with Crippen molar-refractivity contribution in [2.45, 2.75) is 4.90 Å². The van der Waals surface area contributed by atoms with Gasteiger partial charge in [-0.2, -0.15) is 4.31 Å². The number of carbonyl (C=O) groups is 2. The molecule has 10 heteroatoms. The first kappa shape index (κ1) is 17.6. The number of hydrogen-bond donors (Lipinski definition) is 2. The van der Waals surface area contributed by atoms with Gasteiger partial charge < -0.3 is 4.42 Å². The van der Waals surface area contributed by atoms with E-state index in [1.807, 2.05) is 0 Å². The third-order valence-electron chi connectivity index (χ3n) is 2.95. The molecule has 0 fully saturated rings. The van der Waals surface area contributed by atoms with Crippen molar-refractivity contribution >= 4 is 21.8 Å². The molecule has 1 heterocycles. The summed E-state index contributed by atoms with van der Waals surface area (Å²) >= 11 is 0. The molecule has 1 aromatic carbocycles. The van der Waals surface area contributed by atoms with Crippen molar-refractivity contribution in [3.05, 3.63) is 54.2 Å². The molecule has 0 saturated carbocycles. The average molecular weight is 355 g/mol. The summed E-state index contributed by atoms with van der Waals surface area (Å²) < 4.78 is 42.9. The van der Waals surface area contributed by atoms with Gasteiger partial charge in [-0.1, -0.05) is 0 Å². The van der Waals surface area contributed by atoms with E-state index >= 15 is 0 Å². The fourth-order valence-corrected chi connectivity index (χ4v) is 2.84. The number of nitrogens with zero attached hydrogens (tertiary/aromatic N) is 1. The number of nitrogens with one attached hydrogen (secondary N) is 2. The molecule has 2 N–H and O–H groups in total. The summed E-state index contributed by atoms with van der Waals surface area (Å²) in [5, 5.41) is 0. The summed E-state index contributed by atoms with van der Waals surface area (Å²) in [5.41, 5.74) is 4.16. The van der Waals surface area contributed by atoms with Crippen molar-refractivity contribution < 1.29 is 26.8 Å². The smallest absolute Gasteiger partial charge is 0.305 e. The maximum absolute atomic E-state index is 12.9. The minimum absolute atomic E-state index is 0.0115. The fourth-order valence-electron chi connectivity index (χ4n) is 1.71. The minimum Gasteiger partial charge on any atom is -0.459 e. The van der Waals surface area contributed by atoms with Gasteiger partial charge in [0, 0.05) is 7.05 Å². The molecule has 0 radical (unpaired) electrons. The third kappa shape index (κ3) is 4.18. The van der Waals surface area contributed by atoms with Gasteiger partial charge in [-0.05, 0) is 36.4 Å². The molecule has 1 aromatic heterocycles. The number of carbonyl (C=O) groups excluding carboxylic acids is 2. The van der Waals surface area contributed by atoms with E-state index in [-0.39, 0.29) is 10.7 Å². The van der Waals surface area contributed by atoms with Gasteiger partial charge in [0.15, 0.2) is 5.76 Å². The van der Waals surface area contributed by atoms with Gasteiger partial charge in [0.05, 0.1) is 17.7 Å². The summed E-state index contributed by atoms with van der Waals surface area (Å²) in [5.74, 6) is -2.03. The zero-order chi connectivity index (χ0) is 17.7. The zero-order valence-corrected chi connectivity index (χ0v) is 13.3. The number of halogens is 1. The molecule has 0 aliphatic heterocycles. The lowest BCUT2D eigenvalue weighted by molar-refractivity contribution is -0.121. The second kappa shape index (κ2) is 7.23. The lowest BCUT2D eigenvalue weighted by Crippen LogP contribution is -2.46. The van der Waals surface area contributed by atoms with Crippen LogP contribution >= 0.6 is 0 Å². The van der Waals surface area contributed by atoms with E-state index in [2.05, 4.69) is 10.9 Å². The molecule has 128 valence electrons. The summed E-state index contributed by atoms with van der Waals surface area (Å²) in [6.07, 6.45) is 1.29. The highest BCUT2D eigenvalue weighted by atomic mass is 32.2. The molecule has 2 amide bonds. The molecule has 0 aliphatic carbocycles. The fraction of sp³-hybridized carbons (Fsp3) is 0.143. The predicted octanol–water partition coefficient (Wildman–Crippen LogP) is 0.500.